The molecule has 1 saturated carbocycles. The molecule has 1 saturated heterocycles. The quantitative estimate of drug-likeness (QED) is 0.248. The topological polar surface area (TPSA) is 58.1 Å². The van der Waals surface area contributed by atoms with Crippen molar-refractivity contribution in [3.63, 3.8) is 0 Å². The third-order valence-electron chi connectivity index (χ3n) is 5.55. The molecular weight excluding hydrogens is 467 g/mol. The molecule has 1 aliphatic heterocycles. The average Bonchev–Trinajstić information content (AvgIpc) is 3.38. The van der Waals surface area contributed by atoms with Gasteiger partial charge in [0.05, 0.1) is 13.7 Å². The van der Waals surface area contributed by atoms with E-state index in [4.69, 9.17) is 9.47 Å². The first kappa shape index (κ1) is 23.1. The van der Waals surface area contributed by atoms with Crippen LogP contribution in [-0.2, 0) is 0 Å². The van der Waals surface area contributed by atoms with Gasteiger partial charge in [-0.1, -0.05) is 18.9 Å². The third kappa shape index (κ3) is 6.99. The summed E-state index contributed by atoms with van der Waals surface area (Å²) < 4.78 is 11.0. The van der Waals surface area contributed by atoms with Crippen LogP contribution in [0.3, 0.4) is 0 Å². The second-order valence-electron chi connectivity index (χ2n) is 7.44. The number of nitrogens with one attached hydrogen (secondary N) is 2. The van der Waals surface area contributed by atoms with E-state index >= 15 is 0 Å². The summed E-state index contributed by atoms with van der Waals surface area (Å²) in [5.41, 5.74) is 0. The summed E-state index contributed by atoms with van der Waals surface area (Å²) in [6.07, 6.45) is 7.69. The van der Waals surface area contributed by atoms with E-state index < -0.39 is 0 Å². The zero-order valence-corrected chi connectivity index (χ0v) is 19.5. The van der Waals surface area contributed by atoms with E-state index in [0.29, 0.717) is 12.6 Å². The number of halogens is 1. The van der Waals surface area contributed by atoms with E-state index in [1.807, 2.05) is 31.3 Å². The minimum atomic E-state index is 0. The number of hydrogen-bond donors (Lipinski definition) is 2. The zero-order valence-electron chi connectivity index (χ0n) is 17.2. The van der Waals surface area contributed by atoms with Gasteiger partial charge in [-0.05, 0) is 37.8 Å². The third-order valence-corrected chi connectivity index (χ3v) is 5.55. The van der Waals surface area contributed by atoms with Crippen LogP contribution in [0.2, 0.25) is 0 Å². The molecule has 1 aromatic rings. The number of nitrogens with zero attached hydrogens (tertiary/aromatic N) is 2. The molecule has 0 aromatic heterocycles. The van der Waals surface area contributed by atoms with Gasteiger partial charge in [-0.3, -0.25) is 9.89 Å². The smallest absolute Gasteiger partial charge is 0.191 e. The molecule has 1 aromatic carbocycles. The molecule has 158 valence electrons. The van der Waals surface area contributed by atoms with Gasteiger partial charge in [0.2, 0.25) is 0 Å². The molecule has 6 nitrogen and oxygen atoms in total. The fourth-order valence-electron chi connectivity index (χ4n) is 4.05. The molecule has 2 fully saturated rings. The Labute approximate surface area is 186 Å². The Morgan fingerprint density at radius 3 is 2.75 bits per heavy atom. The first-order valence-corrected chi connectivity index (χ1v) is 10.3. The summed E-state index contributed by atoms with van der Waals surface area (Å²) in [7, 11) is 3.50. The van der Waals surface area contributed by atoms with Gasteiger partial charge in [0, 0.05) is 44.8 Å². The van der Waals surface area contributed by atoms with Crippen molar-refractivity contribution >= 4 is 29.9 Å². The fraction of sp³-hybridized carbons (Fsp3) is 0.667. The Bertz CT molecular complexity index is 608. The van der Waals surface area contributed by atoms with Gasteiger partial charge in [0.25, 0.3) is 0 Å². The van der Waals surface area contributed by atoms with Crippen LogP contribution in [0.1, 0.15) is 38.5 Å². The van der Waals surface area contributed by atoms with Crippen molar-refractivity contribution in [3.8, 4) is 11.5 Å². The molecule has 0 spiro atoms. The number of benzene rings is 1. The van der Waals surface area contributed by atoms with Crippen molar-refractivity contribution in [2.45, 2.75) is 50.6 Å². The molecule has 0 amide bonds. The average molecular weight is 502 g/mol. The molecule has 1 aliphatic carbocycles. The zero-order chi connectivity index (χ0) is 18.9. The lowest BCUT2D eigenvalue weighted by Gasteiger charge is -2.24. The number of hydrogen-bond acceptors (Lipinski definition) is 4. The molecule has 1 atom stereocenters. The predicted molar refractivity (Wildman–Crippen MR) is 125 cm³/mol. The second-order valence-corrected chi connectivity index (χ2v) is 7.44. The highest BCUT2D eigenvalue weighted by Gasteiger charge is 2.30. The summed E-state index contributed by atoms with van der Waals surface area (Å²) in [5.74, 6) is 2.56. The van der Waals surface area contributed by atoms with Crippen molar-refractivity contribution in [1.82, 2.24) is 15.5 Å². The summed E-state index contributed by atoms with van der Waals surface area (Å²) in [6, 6.07) is 9.04. The van der Waals surface area contributed by atoms with Crippen LogP contribution < -0.4 is 20.1 Å². The van der Waals surface area contributed by atoms with Crippen molar-refractivity contribution in [2.24, 2.45) is 4.99 Å². The number of methoxy groups -OCH3 is 1. The number of likely N-dealkylation sites (tertiary alicyclic amines) is 1. The summed E-state index contributed by atoms with van der Waals surface area (Å²) >= 11 is 0. The van der Waals surface area contributed by atoms with Crippen LogP contribution in [0.15, 0.2) is 29.3 Å². The van der Waals surface area contributed by atoms with Gasteiger partial charge in [0.15, 0.2) is 5.96 Å². The minimum Gasteiger partial charge on any atom is -0.497 e. The molecule has 7 heteroatoms. The molecule has 3 rings (SSSR count). The van der Waals surface area contributed by atoms with Crippen molar-refractivity contribution in [3.05, 3.63) is 24.3 Å². The van der Waals surface area contributed by atoms with Gasteiger partial charge < -0.3 is 20.1 Å². The van der Waals surface area contributed by atoms with Gasteiger partial charge >= 0.3 is 0 Å². The van der Waals surface area contributed by atoms with E-state index in [1.165, 1.54) is 38.6 Å². The van der Waals surface area contributed by atoms with E-state index in [0.717, 1.165) is 43.0 Å². The Balaban J connectivity index is 0.00000280. The number of rotatable bonds is 8. The molecule has 1 unspecified atom stereocenters. The van der Waals surface area contributed by atoms with Gasteiger partial charge in [-0.2, -0.15) is 0 Å². The van der Waals surface area contributed by atoms with Gasteiger partial charge in [0.1, 0.15) is 11.5 Å². The lowest BCUT2D eigenvalue weighted by atomic mass is 10.2. The van der Waals surface area contributed by atoms with Crippen molar-refractivity contribution in [1.29, 1.82) is 0 Å². The van der Waals surface area contributed by atoms with Gasteiger partial charge in [-0.15, -0.1) is 24.0 Å². The van der Waals surface area contributed by atoms with Crippen molar-refractivity contribution < 1.29 is 9.47 Å². The maximum atomic E-state index is 5.78. The highest BCUT2D eigenvalue weighted by atomic mass is 127. The van der Waals surface area contributed by atoms with Crippen molar-refractivity contribution in [2.75, 3.05) is 40.4 Å². The monoisotopic (exact) mass is 502 g/mol. The Morgan fingerprint density at radius 1 is 1.21 bits per heavy atom. The first-order chi connectivity index (χ1) is 13.3. The van der Waals surface area contributed by atoms with E-state index in [9.17, 15) is 0 Å². The van der Waals surface area contributed by atoms with Crippen LogP contribution in [0.25, 0.3) is 0 Å². The lowest BCUT2D eigenvalue weighted by molar-refractivity contribution is 0.242. The summed E-state index contributed by atoms with van der Waals surface area (Å²) in [4.78, 5) is 7.04. The van der Waals surface area contributed by atoms with E-state index in [-0.39, 0.29) is 24.0 Å². The van der Waals surface area contributed by atoms with Crippen LogP contribution in [0.4, 0.5) is 0 Å². The standard InChI is InChI=1S/C21H34N4O2.HI/c1-22-21(24-17-11-13-25(16-17)18-7-3-4-8-18)23-12-6-14-27-20-10-5-9-19(15-20)26-2;/h5,9-10,15,17-18H,3-4,6-8,11-14,16H2,1-2H3,(H2,22,23,24);1H. The summed E-state index contributed by atoms with van der Waals surface area (Å²) in [5, 5.41) is 6.99. The largest absolute Gasteiger partial charge is 0.497 e. The Morgan fingerprint density at radius 2 is 2.00 bits per heavy atom. The molecule has 28 heavy (non-hydrogen) atoms. The Kier molecular flexibility index (Phi) is 10.2. The van der Waals surface area contributed by atoms with Crippen LogP contribution >= 0.6 is 24.0 Å². The first-order valence-electron chi connectivity index (χ1n) is 10.3. The molecule has 2 N–H and O–H groups in total. The summed E-state index contributed by atoms with van der Waals surface area (Å²) in [6.45, 7) is 3.86. The van der Waals surface area contributed by atoms with Crippen LogP contribution in [0.5, 0.6) is 11.5 Å². The Hall–Kier alpha value is -1.22. The highest BCUT2D eigenvalue weighted by molar-refractivity contribution is 14.0. The highest BCUT2D eigenvalue weighted by Crippen LogP contribution is 2.26. The van der Waals surface area contributed by atoms with E-state index in [2.05, 4.69) is 20.5 Å². The predicted octanol–water partition coefficient (Wildman–Crippen LogP) is 3.26. The number of ether oxygens (including phenoxy) is 2. The number of aliphatic imine (C=N–C) groups is 1. The lowest BCUT2D eigenvalue weighted by Crippen LogP contribution is -2.45. The molecule has 0 bridgehead atoms. The second kappa shape index (κ2) is 12.4. The fourth-order valence-corrected chi connectivity index (χ4v) is 4.05. The molecule has 1 heterocycles. The van der Waals surface area contributed by atoms with Gasteiger partial charge in [-0.25, -0.2) is 0 Å². The minimum absolute atomic E-state index is 0. The van der Waals surface area contributed by atoms with E-state index in [1.54, 1.807) is 7.11 Å². The molecule has 2 aliphatic rings. The molecular formula is C21H35IN4O2. The van der Waals surface area contributed by atoms with Crippen LogP contribution in [0, 0.1) is 0 Å². The maximum absolute atomic E-state index is 5.78. The number of guanidine groups is 1. The molecule has 0 radical (unpaired) electrons. The maximum Gasteiger partial charge on any atom is 0.191 e. The SMILES string of the molecule is CN=C(NCCCOc1cccc(OC)c1)NC1CCN(C2CCCC2)C1.I. The normalized spacial score (nSPS) is 20.6. The van der Waals surface area contributed by atoms with Crippen LogP contribution in [-0.4, -0.2) is 63.3 Å².